The summed E-state index contributed by atoms with van der Waals surface area (Å²) in [5, 5.41) is 5.28. The minimum absolute atomic E-state index is 0.132. The van der Waals surface area contributed by atoms with Crippen LogP contribution in [0, 0.1) is 6.92 Å². The number of hydrogen-bond donors (Lipinski definition) is 1. The van der Waals surface area contributed by atoms with E-state index in [0.29, 0.717) is 11.5 Å². The molecule has 15 heavy (non-hydrogen) atoms. The van der Waals surface area contributed by atoms with Crippen LogP contribution in [0.3, 0.4) is 0 Å². The molecule has 1 rings (SSSR count). The fourth-order valence-electron chi connectivity index (χ4n) is 0.934. The molecule has 84 valence electrons. The molecule has 0 saturated carbocycles. The van der Waals surface area contributed by atoms with Crippen molar-refractivity contribution in [1.82, 2.24) is 10.5 Å². The minimum Gasteiger partial charge on any atom is -0.361 e. The summed E-state index contributed by atoms with van der Waals surface area (Å²) in [6.45, 7) is 1.56. The van der Waals surface area contributed by atoms with Crippen molar-refractivity contribution in [1.29, 1.82) is 0 Å². The molecule has 1 aromatic rings. The van der Waals surface area contributed by atoms with Gasteiger partial charge in [0.25, 0.3) is 0 Å². The Balaban J connectivity index is 2.31. The van der Waals surface area contributed by atoms with Gasteiger partial charge in [0.1, 0.15) is 5.76 Å². The predicted molar refractivity (Wildman–Crippen MR) is 44.0 cm³/mol. The maximum absolute atomic E-state index is 11.7. The first-order valence-electron chi connectivity index (χ1n) is 4.17. The lowest BCUT2D eigenvalue weighted by molar-refractivity contribution is -0.173. The van der Waals surface area contributed by atoms with E-state index in [4.69, 9.17) is 4.52 Å². The molecule has 0 saturated heterocycles. The van der Waals surface area contributed by atoms with Crippen LogP contribution in [-0.4, -0.2) is 23.8 Å². The van der Waals surface area contributed by atoms with Gasteiger partial charge in [0.15, 0.2) is 0 Å². The van der Waals surface area contributed by atoms with Crippen molar-refractivity contribution in [2.75, 3.05) is 6.54 Å². The van der Waals surface area contributed by atoms with E-state index in [-0.39, 0.29) is 13.0 Å². The van der Waals surface area contributed by atoms with Crippen LogP contribution >= 0.6 is 0 Å². The molecule has 0 fully saturated rings. The molecule has 1 aromatic heterocycles. The van der Waals surface area contributed by atoms with Crippen molar-refractivity contribution in [2.24, 2.45) is 0 Å². The molecule has 1 amide bonds. The first-order valence-corrected chi connectivity index (χ1v) is 4.17. The number of rotatable bonds is 3. The Morgan fingerprint density at radius 1 is 1.60 bits per heavy atom. The standard InChI is InChI=1S/C8H9F3N2O2/c1-5-4-6(15-13-5)2-3-12-7(14)8(9,10)11/h4H,2-3H2,1H3,(H,12,14). The summed E-state index contributed by atoms with van der Waals surface area (Å²) in [5.74, 6) is -1.51. The molecule has 0 unspecified atom stereocenters. The number of hydrogen-bond acceptors (Lipinski definition) is 3. The molecule has 0 atom stereocenters. The topological polar surface area (TPSA) is 55.1 Å². The van der Waals surface area contributed by atoms with Gasteiger partial charge in [-0.1, -0.05) is 5.16 Å². The highest BCUT2D eigenvalue weighted by Crippen LogP contribution is 2.13. The van der Waals surface area contributed by atoms with Crippen LogP contribution in [0.5, 0.6) is 0 Å². The van der Waals surface area contributed by atoms with Gasteiger partial charge >= 0.3 is 12.1 Å². The lowest BCUT2D eigenvalue weighted by Crippen LogP contribution is -2.37. The molecule has 0 spiro atoms. The second kappa shape index (κ2) is 4.33. The van der Waals surface area contributed by atoms with Gasteiger partial charge in [0.2, 0.25) is 0 Å². The fourth-order valence-corrected chi connectivity index (χ4v) is 0.934. The molecular weight excluding hydrogens is 213 g/mol. The summed E-state index contributed by atoms with van der Waals surface area (Å²) < 4.78 is 39.9. The Morgan fingerprint density at radius 2 is 2.27 bits per heavy atom. The number of carbonyl (C=O) groups excluding carboxylic acids is 1. The maximum atomic E-state index is 11.7. The van der Waals surface area contributed by atoms with Crippen LogP contribution in [0.1, 0.15) is 11.5 Å². The second-order valence-corrected chi connectivity index (χ2v) is 2.94. The van der Waals surface area contributed by atoms with Crippen LogP contribution in [0.15, 0.2) is 10.6 Å². The summed E-state index contributed by atoms with van der Waals surface area (Å²) >= 11 is 0. The lowest BCUT2D eigenvalue weighted by atomic mass is 10.3. The fraction of sp³-hybridized carbons (Fsp3) is 0.500. The first-order chi connectivity index (χ1) is 6.89. The Hall–Kier alpha value is -1.53. The SMILES string of the molecule is Cc1cc(CCNC(=O)C(F)(F)F)on1. The Bertz CT molecular complexity index is 346. The lowest BCUT2D eigenvalue weighted by Gasteiger charge is -2.05. The normalized spacial score (nSPS) is 11.5. The average molecular weight is 222 g/mol. The number of aromatic nitrogens is 1. The van der Waals surface area contributed by atoms with E-state index < -0.39 is 12.1 Å². The van der Waals surface area contributed by atoms with Crippen LogP contribution < -0.4 is 5.32 Å². The molecule has 0 aliphatic heterocycles. The molecule has 0 bridgehead atoms. The number of nitrogens with zero attached hydrogens (tertiary/aromatic N) is 1. The van der Waals surface area contributed by atoms with Crippen molar-refractivity contribution in [3.05, 3.63) is 17.5 Å². The van der Waals surface area contributed by atoms with Crippen molar-refractivity contribution >= 4 is 5.91 Å². The van der Waals surface area contributed by atoms with E-state index in [2.05, 4.69) is 5.16 Å². The molecule has 1 heterocycles. The summed E-state index contributed by atoms with van der Waals surface area (Å²) in [6, 6.07) is 1.60. The average Bonchev–Trinajstić information content (AvgIpc) is 2.49. The molecular formula is C8H9F3N2O2. The molecule has 4 nitrogen and oxygen atoms in total. The highest BCUT2D eigenvalue weighted by atomic mass is 19.4. The van der Waals surface area contributed by atoms with E-state index in [9.17, 15) is 18.0 Å². The van der Waals surface area contributed by atoms with Gasteiger partial charge in [0.05, 0.1) is 5.69 Å². The van der Waals surface area contributed by atoms with E-state index >= 15 is 0 Å². The van der Waals surface area contributed by atoms with Crippen molar-refractivity contribution < 1.29 is 22.5 Å². The highest BCUT2D eigenvalue weighted by Gasteiger charge is 2.38. The van der Waals surface area contributed by atoms with Crippen molar-refractivity contribution in [3.63, 3.8) is 0 Å². The molecule has 0 aliphatic rings. The van der Waals surface area contributed by atoms with Gasteiger partial charge in [-0.05, 0) is 6.92 Å². The number of nitrogens with one attached hydrogen (secondary N) is 1. The zero-order chi connectivity index (χ0) is 11.5. The monoisotopic (exact) mass is 222 g/mol. The van der Waals surface area contributed by atoms with Crippen LogP contribution in [0.2, 0.25) is 0 Å². The van der Waals surface area contributed by atoms with Gasteiger partial charge in [0, 0.05) is 19.0 Å². The van der Waals surface area contributed by atoms with Gasteiger partial charge in [-0.3, -0.25) is 4.79 Å². The first kappa shape index (κ1) is 11.5. The maximum Gasteiger partial charge on any atom is 0.471 e. The van der Waals surface area contributed by atoms with Gasteiger partial charge in [-0.15, -0.1) is 0 Å². The number of aryl methyl sites for hydroxylation is 1. The quantitative estimate of drug-likeness (QED) is 0.836. The summed E-state index contributed by atoms with van der Waals surface area (Å²) in [4.78, 5) is 10.4. The summed E-state index contributed by atoms with van der Waals surface area (Å²) in [5.41, 5.74) is 0.646. The van der Waals surface area contributed by atoms with Crippen LogP contribution in [0.25, 0.3) is 0 Å². The number of halogens is 3. The van der Waals surface area contributed by atoms with Crippen molar-refractivity contribution in [3.8, 4) is 0 Å². The van der Waals surface area contributed by atoms with Gasteiger partial charge < -0.3 is 9.84 Å². The third-order valence-electron chi connectivity index (χ3n) is 1.59. The van der Waals surface area contributed by atoms with E-state index in [0.717, 1.165) is 0 Å². The molecule has 0 aliphatic carbocycles. The molecule has 7 heteroatoms. The minimum atomic E-state index is -4.84. The predicted octanol–water partition coefficient (Wildman–Crippen LogP) is 1.20. The zero-order valence-corrected chi connectivity index (χ0v) is 7.89. The van der Waals surface area contributed by atoms with Crippen LogP contribution in [-0.2, 0) is 11.2 Å². The molecule has 1 N–H and O–H groups in total. The molecule has 0 radical (unpaired) electrons. The van der Waals surface area contributed by atoms with Gasteiger partial charge in [-0.2, -0.15) is 13.2 Å². The van der Waals surface area contributed by atoms with Crippen molar-refractivity contribution in [2.45, 2.75) is 19.5 Å². The third kappa shape index (κ3) is 3.61. The second-order valence-electron chi connectivity index (χ2n) is 2.94. The smallest absolute Gasteiger partial charge is 0.361 e. The zero-order valence-electron chi connectivity index (χ0n) is 7.89. The van der Waals surface area contributed by atoms with Crippen LogP contribution in [0.4, 0.5) is 13.2 Å². The Morgan fingerprint density at radius 3 is 2.73 bits per heavy atom. The number of carbonyl (C=O) groups is 1. The highest BCUT2D eigenvalue weighted by molar-refractivity contribution is 5.81. The number of amides is 1. The van der Waals surface area contributed by atoms with E-state index in [1.54, 1.807) is 18.3 Å². The summed E-state index contributed by atoms with van der Waals surface area (Å²) in [6.07, 6.45) is -4.65. The Kier molecular flexibility index (Phi) is 3.33. The third-order valence-corrected chi connectivity index (χ3v) is 1.59. The van der Waals surface area contributed by atoms with E-state index in [1.807, 2.05) is 0 Å². The molecule has 0 aromatic carbocycles. The summed E-state index contributed by atoms with van der Waals surface area (Å²) in [7, 11) is 0. The largest absolute Gasteiger partial charge is 0.471 e. The van der Waals surface area contributed by atoms with Gasteiger partial charge in [-0.25, -0.2) is 0 Å². The Labute approximate surface area is 83.4 Å². The number of alkyl halides is 3. The van der Waals surface area contributed by atoms with E-state index in [1.165, 1.54) is 0 Å².